The third-order valence-corrected chi connectivity index (χ3v) is 4.63. The minimum Gasteiger partial charge on any atom is -0.352 e. The number of nitrogens with one attached hydrogen (secondary N) is 1. The Morgan fingerprint density at radius 2 is 2.16 bits per heavy atom. The van der Waals surface area contributed by atoms with Gasteiger partial charge < -0.3 is 5.32 Å². The van der Waals surface area contributed by atoms with E-state index in [1.54, 1.807) is 12.1 Å². The molecule has 0 saturated heterocycles. The zero-order valence-corrected chi connectivity index (χ0v) is 12.2. The number of rotatable bonds is 3. The molecule has 6 heteroatoms. The van der Waals surface area contributed by atoms with Gasteiger partial charge in [-0.25, -0.2) is 8.42 Å². The van der Waals surface area contributed by atoms with Gasteiger partial charge >= 0.3 is 0 Å². The average Bonchev–Trinajstić information content (AvgIpc) is 2.49. The molecule has 19 heavy (non-hydrogen) atoms. The Labute approximate surface area is 118 Å². The van der Waals surface area contributed by atoms with Crippen molar-refractivity contribution < 1.29 is 13.2 Å². The van der Waals surface area contributed by atoms with E-state index in [1.165, 1.54) is 0 Å². The molecule has 0 bridgehead atoms. The molecule has 0 aromatic heterocycles. The number of alkyl halides is 1. The normalized spacial score (nSPS) is 17.3. The maximum atomic E-state index is 11.9. The van der Waals surface area contributed by atoms with Gasteiger partial charge in [0.25, 0.3) is 5.91 Å². The van der Waals surface area contributed by atoms with Crippen LogP contribution in [0.3, 0.4) is 0 Å². The molecule has 1 heterocycles. The van der Waals surface area contributed by atoms with Crippen molar-refractivity contribution in [1.82, 2.24) is 5.32 Å². The third kappa shape index (κ3) is 3.70. The molecular weight excluding hydrogens is 286 g/mol. The van der Waals surface area contributed by atoms with E-state index < -0.39 is 15.2 Å². The van der Waals surface area contributed by atoms with Crippen LogP contribution in [0.5, 0.6) is 0 Å². The monoisotopic (exact) mass is 301 g/mol. The van der Waals surface area contributed by atoms with E-state index in [2.05, 4.69) is 5.32 Å². The number of aryl methyl sites for hydroxylation is 1. The summed E-state index contributed by atoms with van der Waals surface area (Å²) >= 11 is 6.11. The summed E-state index contributed by atoms with van der Waals surface area (Å²) < 4.78 is 22.5. The van der Waals surface area contributed by atoms with Crippen LogP contribution in [-0.2, 0) is 16.3 Å². The number of benzene rings is 1. The van der Waals surface area contributed by atoms with Crippen LogP contribution in [0, 0.1) is 0 Å². The van der Waals surface area contributed by atoms with E-state index in [9.17, 15) is 13.2 Å². The minimum atomic E-state index is -3.15. The van der Waals surface area contributed by atoms with Gasteiger partial charge in [0.1, 0.15) is 9.84 Å². The Kier molecular flexibility index (Phi) is 4.16. The van der Waals surface area contributed by atoms with Gasteiger partial charge in [0.05, 0.1) is 11.1 Å². The van der Waals surface area contributed by atoms with Gasteiger partial charge in [-0.1, -0.05) is 12.1 Å². The molecule has 4 nitrogen and oxygen atoms in total. The van der Waals surface area contributed by atoms with Crippen LogP contribution in [0.1, 0.15) is 33.3 Å². The van der Waals surface area contributed by atoms with Crippen molar-refractivity contribution in [3.8, 4) is 0 Å². The van der Waals surface area contributed by atoms with Crippen molar-refractivity contribution in [2.24, 2.45) is 0 Å². The van der Waals surface area contributed by atoms with Gasteiger partial charge in [-0.15, -0.1) is 11.6 Å². The van der Waals surface area contributed by atoms with Crippen molar-refractivity contribution in [2.45, 2.75) is 18.2 Å². The van der Waals surface area contributed by atoms with E-state index in [1.807, 2.05) is 6.07 Å². The fraction of sp³-hybridized carbons (Fsp3) is 0.462. The largest absolute Gasteiger partial charge is 0.352 e. The number of fused-ring (bicyclic) bond motifs is 1. The van der Waals surface area contributed by atoms with Crippen LogP contribution >= 0.6 is 11.6 Å². The first-order valence-electron chi connectivity index (χ1n) is 6.09. The van der Waals surface area contributed by atoms with E-state index >= 15 is 0 Å². The maximum Gasteiger partial charge on any atom is 0.251 e. The molecule has 0 radical (unpaired) electrons. The summed E-state index contributed by atoms with van der Waals surface area (Å²) in [6.45, 7) is 0.663. The fourth-order valence-corrected chi connectivity index (χ4v) is 3.70. The minimum absolute atomic E-state index is 0.113. The molecule has 1 aliphatic rings. The second-order valence-electron chi connectivity index (χ2n) is 4.84. The Balaban J connectivity index is 2.32. The number of halogens is 1. The Bertz CT molecular complexity index is 598. The SMILES string of the molecule is CS(=O)(=O)CC(Cl)c1ccc2c(c1)C(=O)NCCC2. The highest BCUT2D eigenvalue weighted by molar-refractivity contribution is 7.90. The first kappa shape index (κ1) is 14.3. The van der Waals surface area contributed by atoms with Crippen molar-refractivity contribution in [2.75, 3.05) is 18.6 Å². The van der Waals surface area contributed by atoms with Crippen LogP contribution in [0.15, 0.2) is 18.2 Å². The molecule has 0 spiro atoms. The van der Waals surface area contributed by atoms with E-state index in [0.717, 1.165) is 24.7 Å². The summed E-state index contributed by atoms with van der Waals surface area (Å²) in [4.78, 5) is 11.9. The summed E-state index contributed by atoms with van der Waals surface area (Å²) in [6, 6.07) is 5.38. The maximum absolute atomic E-state index is 11.9. The molecule has 1 aromatic rings. The quantitative estimate of drug-likeness (QED) is 0.864. The number of sulfone groups is 1. The molecule has 1 unspecified atom stereocenters. The molecule has 1 aromatic carbocycles. The van der Waals surface area contributed by atoms with Crippen LogP contribution in [0.2, 0.25) is 0 Å². The zero-order valence-electron chi connectivity index (χ0n) is 10.6. The molecule has 0 saturated carbocycles. The summed E-state index contributed by atoms with van der Waals surface area (Å²) in [5.41, 5.74) is 2.26. The highest BCUT2D eigenvalue weighted by Gasteiger charge is 2.19. The Morgan fingerprint density at radius 3 is 2.84 bits per heavy atom. The van der Waals surface area contributed by atoms with Crippen LogP contribution in [-0.4, -0.2) is 32.9 Å². The van der Waals surface area contributed by atoms with Gasteiger partial charge in [-0.05, 0) is 30.0 Å². The lowest BCUT2D eigenvalue weighted by Gasteiger charge is -2.12. The van der Waals surface area contributed by atoms with Crippen molar-refractivity contribution in [3.63, 3.8) is 0 Å². The molecule has 2 rings (SSSR count). The first-order chi connectivity index (χ1) is 8.87. The van der Waals surface area contributed by atoms with Gasteiger partial charge in [0.2, 0.25) is 0 Å². The second kappa shape index (κ2) is 5.51. The number of hydrogen-bond acceptors (Lipinski definition) is 3. The molecule has 104 valence electrons. The lowest BCUT2D eigenvalue weighted by atomic mass is 10.00. The van der Waals surface area contributed by atoms with E-state index in [-0.39, 0.29) is 11.7 Å². The summed E-state index contributed by atoms with van der Waals surface area (Å²) in [5.74, 6) is -0.243. The molecular formula is C13H16ClNO3S. The van der Waals surface area contributed by atoms with Crippen molar-refractivity contribution in [1.29, 1.82) is 0 Å². The summed E-state index contributed by atoms with van der Waals surface area (Å²) in [7, 11) is -3.15. The predicted molar refractivity (Wildman–Crippen MR) is 75.4 cm³/mol. The molecule has 1 N–H and O–H groups in total. The Morgan fingerprint density at radius 1 is 1.42 bits per heavy atom. The summed E-state index contributed by atoms with van der Waals surface area (Å²) in [5, 5.41) is 2.19. The Hall–Kier alpha value is -1.07. The van der Waals surface area contributed by atoms with Crippen LogP contribution in [0.4, 0.5) is 0 Å². The van der Waals surface area contributed by atoms with Crippen LogP contribution in [0.25, 0.3) is 0 Å². The molecule has 1 atom stereocenters. The predicted octanol–water partition coefficient (Wildman–Crippen LogP) is 1.69. The smallest absolute Gasteiger partial charge is 0.251 e. The first-order valence-corrected chi connectivity index (χ1v) is 8.59. The van der Waals surface area contributed by atoms with Gasteiger partial charge in [-0.2, -0.15) is 0 Å². The van der Waals surface area contributed by atoms with E-state index in [4.69, 9.17) is 11.6 Å². The van der Waals surface area contributed by atoms with Gasteiger partial charge in [0, 0.05) is 18.4 Å². The lowest BCUT2D eigenvalue weighted by molar-refractivity contribution is 0.0956. The second-order valence-corrected chi connectivity index (χ2v) is 7.55. The fourth-order valence-electron chi connectivity index (χ4n) is 2.16. The topological polar surface area (TPSA) is 63.2 Å². The highest BCUT2D eigenvalue weighted by atomic mass is 35.5. The van der Waals surface area contributed by atoms with Gasteiger partial charge in [0.15, 0.2) is 0 Å². The van der Waals surface area contributed by atoms with Crippen LogP contribution < -0.4 is 5.32 Å². The molecule has 1 amide bonds. The zero-order chi connectivity index (χ0) is 14.0. The number of carbonyl (C=O) groups is 1. The lowest BCUT2D eigenvalue weighted by Crippen LogP contribution is -2.22. The standard InChI is InChI=1S/C13H16ClNO3S/c1-19(17,18)8-12(14)10-5-4-9-3-2-6-15-13(16)11(9)7-10/h4-5,7,12H,2-3,6,8H2,1H3,(H,15,16). The van der Waals surface area contributed by atoms with E-state index in [0.29, 0.717) is 17.7 Å². The van der Waals surface area contributed by atoms with Gasteiger partial charge in [-0.3, -0.25) is 4.79 Å². The number of amides is 1. The highest BCUT2D eigenvalue weighted by Crippen LogP contribution is 2.26. The molecule has 1 aliphatic heterocycles. The third-order valence-electron chi connectivity index (χ3n) is 3.10. The number of carbonyl (C=O) groups excluding carboxylic acids is 1. The molecule has 0 fully saturated rings. The average molecular weight is 302 g/mol. The van der Waals surface area contributed by atoms with Crippen molar-refractivity contribution in [3.05, 3.63) is 34.9 Å². The molecule has 0 aliphatic carbocycles. The number of hydrogen-bond donors (Lipinski definition) is 1. The summed E-state index contributed by atoms with van der Waals surface area (Å²) in [6.07, 6.45) is 2.90. The van der Waals surface area contributed by atoms with Crippen molar-refractivity contribution >= 4 is 27.3 Å².